The monoisotopic (exact) mass is 263 g/mol. The van der Waals surface area contributed by atoms with Crippen LogP contribution >= 0.6 is 0 Å². The number of dihydropyridines is 1. The van der Waals surface area contributed by atoms with Crippen molar-refractivity contribution in [1.29, 1.82) is 0 Å². The van der Waals surface area contributed by atoms with Crippen molar-refractivity contribution in [3.05, 3.63) is 11.6 Å². The first-order chi connectivity index (χ1) is 8.59. The molecule has 2 unspecified atom stereocenters. The minimum absolute atomic E-state index is 0. The maximum Gasteiger partial charge on any atom is 0.0572 e. The van der Waals surface area contributed by atoms with Gasteiger partial charge in [-0.05, 0) is 37.0 Å². The highest BCUT2D eigenvalue weighted by atomic mass is 14.8. The van der Waals surface area contributed by atoms with Crippen LogP contribution in [0, 0.1) is 23.7 Å². The Morgan fingerprint density at radius 3 is 2.47 bits per heavy atom. The summed E-state index contributed by atoms with van der Waals surface area (Å²) in [4.78, 5) is 4.78. The fourth-order valence-electron chi connectivity index (χ4n) is 3.65. The number of fused-ring (bicyclic) bond motifs is 1. The Kier molecular flexibility index (Phi) is 6.29. The summed E-state index contributed by atoms with van der Waals surface area (Å²) in [6.07, 6.45) is 9.28. The Morgan fingerprint density at radius 2 is 1.84 bits per heavy atom. The average Bonchev–Trinajstić information content (AvgIpc) is 2.28. The highest BCUT2D eigenvalue weighted by Crippen LogP contribution is 2.36. The standard InChI is InChI=1S/C17H29N.CH4/c1-12(2)14-6-5-7-16-15(9-8-14)10-11-18-17(16)13(3)4;/h10,12-14,16H,5-9,11H2,1-4H3;1H4. The molecule has 0 amide bonds. The summed E-state index contributed by atoms with van der Waals surface area (Å²) >= 11 is 0. The van der Waals surface area contributed by atoms with Gasteiger partial charge >= 0.3 is 0 Å². The zero-order chi connectivity index (χ0) is 13.1. The largest absolute Gasteiger partial charge is 0.289 e. The molecule has 0 bridgehead atoms. The topological polar surface area (TPSA) is 12.4 Å². The lowest BCUT2D eigenvalue weighted by atomic mass is 9.74. The minimum Gasteiger partial charge on any atom is -0.289 e. The van der Waals surface area contributed by atoms with Crippen molar-refractivity contribution < 1.29 is 0 Å². The van der Waals surface area contributed by atoms with Gasteiger partial charge in [-0.3, -0.25) is 4.99 Å². The molecule has 19 heavy (non-hydrogen) atoms. The molecular formula is C18H33N. The van der Waals surface area contributed by atoms with Gasteiger partial charge in [0, 0.05) is 11.6 Å². The summed E-state index contributed by atoms with van der Waals surface area (Å²) in [7, 11) is 0. The van der Waals surface area contributed by atoms with Crippen molar-refractivity contribution in [3.8, 4) is 0 Å². The first kappa shape index (κ1) is 16.5. The van der Waals surface area contributed by atoms with Crippen LogP contribution in [0.1, 0.15) is 67.2 Å². The van der Waals surface area contributed by atoms with Gasteiger partial charge in [0.15, 0.2) is 0 Å². The first-order valence-corrected chi connectivity index (χ1v) is 7.82. The molecule has 2 aliphatic rings. The van der Waals surface area contributed by atoms with Gasteiger partial charge in [-0.25, -0.2) is 0 Å². The summed E-state index contributed by atoms with van der Waals surface area (Å²) in [5.74, 6) is 3.10. The molecule has 0 aromatic carbocycles. The number of allylic oxidation sites excluding steroid dienone is 1. The molecule has 0 saturated heterocycles. The van der Waals surface area contributed by atoms with E-state index in [1.54, 1.807) is 5.57 Å². The third-order valence-corrected chi connectivity index (χ3v) is 4.84. The molecular weight excluding hydrogens is 230 g/mol. The van der Waals surface area contributed by atoms with E-state index in [0.717, 1.165) is 18.4 Å². The molecule has 2 rings (SSSR count). The van der Waals surface area contributed by atoms with Crippen LogP contribution in [0.2, 0.25) is 0 Å². The molecule has 1 aliphatic carbocycles. The van der Waals surface area contributed by atoms with E-state index in [-0.39, 0.29) is 7.43 Å². The van der Waals surface area contributed by atoms with E-state index in [0.29, 0.717) is 11.8 Å². The SMILES string of the molecule is C.CC(C)C1=NCC=C2CCC(C(C)C)CCCC21. The highest BCUT2D eigenvalue weighted by molar-refractivity contribution is 5.91. The predicted molar refractivity (Wildman–Crippen MR) is 86.9 cm³/mol. The molecule has 1 heterocycles. The highest BCUT2D eigenvalue weighted by Gasteiger charge is 2.28. The third-order valence-electron chi connectivity index (χ3n) is 4.84. The van der Waals surface area contributed by atoms with Crippen molar-refractivity contribution >= 4 is 5.71 Å². The van der Waals surface area contributed by atoms with Gasteiger partial charge in [-0.1, -0.05) is 59.6 Å². The van der Waals surface area contributed by atoms with Crippen molar-refractivity contribution in [2.75, 3.05) is 6.54 Å². The van der Waals surface area contributed by atoms with Crippen LogP contribution in [0.25, 0.3) is 0 Å². The number of rotatable bonds is 2. The molecule has 0 radical (unpaired) electrons. The van der Waals surface area contributed by atoms with Crippen LogP contribution in [-0.4, -0.2) is 12.3 Å². The van der Waals surface area contributed by atoms with Crippen LogP contribution in [0.4, 0.5) is 0 Å². The number of hydrogen-bond donors (Lipinski definition) is 0. The fourth-order valence-corrected chi connectivity index (χ4v) is 3.65. The van der Waals surface area contributed by atoms with Crippen LogP contribution in [-0.2, 0) is 0 Å². The summed E-state index contributed by atoms with van der Waals surface area (Å²) in [5.41, 5.74) is 3.19. The Bertz CT molecular complexity index is 336. The second-order valence-corrected chi connectivity index (χ2v) is 6.73. The Hall–Kier alpha value is -0.590. The Labute approximate surface area is 120 Å². The number of hydrogen-bond acceptors (Lipinski definition) is 1. The molecule has 0 spiro atoms. The number of aliphatic imine (C=N–C) groups is 1. The van der Waals surface area contributed by atoms with Gasteiger partial charge in [-0.2, -0.15) is 0 Å². The molecule has 110 valence electrons. The van der Waals surface area contributed by atoms with Crippen molar-refractivity contribution in [2.45, 2.75) is 67.2 Å². The molecule has 1 heteroatoms. The lowest BCUT2D eigenvalue weighted by Gasteiger charge is -2.32. The van der Waals surface area contributed by atoms with Crippen molar-refractivity contribution in [2.24, 2.45) is 28.7 Å². The third kappa shape index (κ3) is 3.94. The zero-order valence-electron chi connectivity index (χ0n) is 12.6. The second-order valence-electron chi connectivity index (χ2n) is 6.73. The number of nitrogens with zero attached hydrogens (tertiary/aromatic N) is 1. The molecule has 1 saturated carbocycles. The second kappa shape index (κ2) is 7.26. The van der Waals surface area contributed by atoms with E-state index >= 15 is 0 Å². The summed E-state index contributed by atoms with van der Waals surface area (Å²) in [5, 5.41) is 0. The minimum atomic E-state index is 0. The Morgan fingerprint density at radius 1 is 1.11 bits per heavy atom. The Balaban J connectivity index is 0.00000180. The lowest BCUT2D eigenvalue weighted by molar-refractivity contribution is 0.307. The van der Waals surface area contributed by atoms with Gasteiger partial charge in [0.2, 0.25) is 0 Å². The molecule has 0 N–H and O–H groups in total. The maximum atomic E-state index is 4.78. The van der Waals surface area contributed by atoms with E-state index in [1.807, 2.05) is 0 Å². The van der Waals surface area contributed by atoms with E-state index in [1.165, 1.54) is 37.8 Å². The normalized spacial score (nSPS) is 27.9. The quantitative estimate of drug-likeness (QED) is 0.582. The lowest BCUT2D eigenvalue weighted by Crippen LogP contribution is -2.27. The average molecular weight is 263 g/mol. The van der Waals surface area contributed by atoms with Crippen LogP contribution in [0.5, 0.6) is 0 Å². The van der Waals surface area contributed by atoms with Crippen LogP contribution < -0.4 is 0 Å². The van der Waals surface area contributed by atoms with Gasteiger partial charge in [0.25, 0.3) is 0 Å². The first-order valence-electron chi connectivity index (χ1n) is 7.82. The van der Waals surface area contributed by atoms with Gasteiger partial charge in [0.1, 0.15) is 0 Å². The van der Waals surface area contributed by atoms with Gasteiger partial charge < -0.3 is 0 Å². The molecule has 1 nitrogen and oxygen atoms in total. The molecule has 0 aromatic heterocycles. The van der Waals surface area contributed by atoms with Crippen molar-refractivity contribution in [1.82, 2.24) is 0 Å². The molecule has 0 aromatic rings. The van der Waals surface area contributed by atoms with Gasteiger partial charge in [-0.15, -0.1) is 0 Å². The van der Waals surface area contributed by atoms with Crippen LogP contribution in [0.15, 0.2) is 16.6 Å². The summed E-state index contributed by atoms with van der Waals surface area (Å²) < 4.78 is 0. The van der Waals surface area contributed by atoms with E-state index in [4.69, 9.17) is 4.99 Å². The van der Waals surface area contributed by atoms with Crippen molar-refractivity contribution in [3.63, 3.8) is 0 Å². The maximum absolute atomic E-state index is 4.78. The summed E-state index contributed by atoms with van der Waals surface area (Å²) in [6.45, 7) is 10.3. The summed E-state index contributed by atoms with van der Waals surface area (Å²) in [6, 6.07) is 0. The smallest absolute Gasteiger partial charge is 0.0572 e. The van der Waals surface area contributed by atoms with Gasteiger partial charge in [0.05, 0.1) is 6.54 Å². The molecule has 1 fully saturated rings. The zero-order valence-corrected chi connectivity index (χ0v) is 12.6. The molecule has 1 aliphatic heterocycles. The van der Waals surface area contributed by atoms with E-state index in [9.17, 15) is 0 Å². The predicted octanol–water partition coefficient (Wildman–Crippen LogP) is 5.51. The molecule has 2 atom stereocenters. The van der Waals surface area contributed by atoms with Crippen LogP contribution in [0.3, 0.4) is 0 Å². The van der Waals surface area contributed by atoms with E-state index < -0.39 is 0 Å². The van der Waals surface area contributed by atoms with E-state index in [2.05, 4.69) is 33.8 Å². The fraction of sp³-hybridized carbons (Fsp3) is 0.833.